The fourth-order valence-electron chi connectivity index (χ4n) is 8.61. The Bertz CT molecular complexity index is 2520. The molecule has 9 nitrogen and oxygen atoms in total. The number of ether oxygens (including phenoxy) is 3. The molecule has 0 radical (unpaired) electrons. The van der Waals surface area contributed by atoms with Gasteiger partial charge in [-0.1, -0.05) is 109 Å². The van der Waals surface area contributed by atoms with Gasteiger partial charge in [-0.3, -0.25) is 4.79 Å². The summed E-state index contributed by atoms with van der Waals surface area (Å²) in [6, 6.07) is 48.0. The van der Waals surface area contributed by atoms with Crippen LogP contribution >= 0.6 is 8.53 Å². The van der Waals surface area contributed by atoms with Gasteiger partial charge >= 0.3 is 0 Å². The smallest absolute Gasteiger partial charge is 0.259 e. The summed E-state index contributed by atoms with van der Waals surface area (Å²) in [5, 5.41) is 20.2. The number of carbonyl (C=O) groups excluding carboxylic acids is 1. The van der Waals surface area contributed by atoms with Crippen molar-refractivity contribution in [1.82, 2.24) is 9.99 Å². The standard InChI is InChI=1S/C53H58N3O6P/c1-37(2)56(38(3)4)63(61-34-12-33-54)62-48(35-55-50(57)18-11-13-39-19-20-42-22-21-40-14-10-15-41-23-32-49(39)52(42)51(40)41)36-60-53(43-16-8-7-9-17-43,44-24-28-46(58-5)29-25-44)45-26-30-47(59-6)31-27-45/h7-10,14-17,19-32,37-38,48H,11-13,18,34-36H2,1-6H3,(H,55,57)/t48-,63?/m0/s1. The predicted molar refractivity (Wildman–Crippen MR) is 254 cm³/mol. The maximum absolute atomic E-state index is 13.8. The normalized spacial score (nSPS) is 13.0. The van der Waals surface area contributed by atoms with Crippen molar-refractivity contribution in [2.75, 3.05) is 34.0 Å². The van der Waals surface area contributed by atoms with Gasteiger partial charge in [0.2, 0.25) is 5.91 Å². The predicted octanol–water partition coefficient (Wildman–Crippen LogP) is 11.7. The Kier molecular flexibility index (Phi) is 15.3. The Morgan fingerprint density at radius 1 is 0.714 bits per heavy atom. The van der Waals surface area contributed by atoms with Crippen LogP contribution in [0.2, 0.25) is 0 Å². The average molecular weight is 864 g/mol. The molecule has 1 unspecified atom stereocenters. The third-order valence-electron chi connectivity index (χ3n) is 11.6. The molecule has 1 N–H and O–H groups in total. The maximum atomic E-state index is 13.8. The molecule has 63 heavy (non-hydrogen) atoms. The number of hydrogen-bond acceptors (Lipinski definition) is 8. The zero-order valence-electron chi connectivity index (χ0n) is 37.2. The van der Waals surface area contributed by atoms with E-state index in [0.29, 0.717) is 12.8 Å². The molecule has 0 spiro atoms. The topological polar surface area (TPSA) is 102 Å². The van der Waals surface area contributed by atoms with Crippen molar-refractivity contribution in [2.45, 2.75) is 77.2 Å². The molecule has 7 aromatic rings. The van der Waals surface area contributed by atoms with Gasteiger partial charge in [0, 0.05) is 25.0 Å². The molecule has 0 aliphatic rings. The minimum atomic E-state index is -1.67. The van der Waals surface area contributed by atoms with E-state index in [1.54, 1.807) is 14.2 Å². The van der Waals surface area contributed by atoms with Gasteiger partial charge in [0.1, 0.15) is 23.2 Å². The van der Waals surface area contributed by atoms with E-state index in [9.17, 15) is 10.1 Å². The van der Waals surface area contributed by atoms with Crippen LogP contribution in [0.5, 0.6) is 11.5 Å². The second-order valence-corrected chi connectivity index (χ2v) is 17.7. The fraction of sp³-hybridized carbons (Fsp3) is 0.321. The lowest BCUT2D eigenvalue weighted by molar-refractivity contribution is -0.122. The van der Waals surface area contributed by atoms with Crippen molar-refractivity contribution in [3.8, 4) is 17.6 Å². The van der Waals surface area contributed by atoms with Crippen LogP contribution < -0.4 is 14.8 Å². The van der Waals surface area contributed by atoms with Crippen LogP contribution in [0.15, 0.2) is 133 Å². The number of hydrogen-bond donors (Lipinski definition) is 1. The molecule has 0 bridgehead atoms. The minimum Gasteiger partial charge on any atom is -0.497 e. The summed E-state index contributed by atoms with van der Waals surface area (Å²) in [6.07, 6.45) is 1.38. The molecule has 0 aliphatic heterocycles. The Balaban J connectivity index is 1.17. The summed E-state index contributed by atoms with van der Waals surface area (Å²) in [5.41, 5.74) is 2.81. The summed E-state index contributed by atoms with van der Waals surface area (Å²) >= 11 is 0. The summed E-state index contributed by atoms with van der Waals surface area (Å²) in [7, 11) is 1.63. The number of rotatable bonds is 22. The number of benzene rings is 7. The molecule has 7 rings (SSSR count). The quantitative estimate of drug-likeness (QED) is 0.0311. The molecule has 0 aliphatic carbocycles. The van der Waals surface area contributed by atoms with Gasteiger partial charge < -0.3 is 28.6 Å². The molecule has 0 aromatic heterocycles. The highest BCUT2D eigenvalue weighted by molar-refractivity contribution is 7.44. The number of nitrogens with one attached hydrogen (secondary N) is 1. The Morgan fingerprint density at radius 2 is 1.29 bits per heavy atom. The van der Waals surface area contributed by atoms with Crippen molar-refractivity contribution < 1.29 is 28.1 Å². The third-order valence-corrected chi connectivity index (χ3v) is 13.7. The maximum Gasteiger partial charge on any atom is 0.259 e. The van der Waals surface area contributed by atoms with Crippen molar-refractivity contribution in [3.05, 3.63) is 156 Å². The SMILES string of the molecule is COc1ccc(C(OC[C@H](CNC(=O)CCCc2ccc3ccc4cccc5ccc2c3c45)OP(OCCC#N)N(C(C)C)C(C)C)(c2ccccc2)c2ccc(OC)cc2)cc1. The Hall–Kier alpha value is -5.59. The van der Waals surface area contributed by atoms with Gasteiger partial charge in [0.25, 0.3) is 8.53 Å². The summed E-state index contributed by atoms with van der Waals surface area (Å²) in [5.74, 6) is 1.38. The zero-order chi connectivity index (χ0) is 44.3. The van der Waals surface area contributed by atoms with Gasteiger partial charge in [-0.25, -0.2) is 4.67 Å². The second-order valence-electron chi connectivity index (χ2n) is 16.3. The van der Waals surface area contributed by atoms with Gasteiger partial charge in [0.05, 0.1) is 39.9 Å². The van der Waals surface area contributed by atoms with E-state index in [0.717, 1.165) is 34.6 Å². The van der Waals surface area contributed by atoms with Crippen molar-refractivity contribution in [3.63, 3.8) is 0 Å². The van der Waals surface area contributed by atoms with Crippen LogP contribution in [-0.2, 0) is 30.6 Å². The highest BCUT2D eigenvalue weighted by Crippen LogP contribution is 2.48. The average Bonchev–Trinajstić information content (AvgIpc) is 3.30. The van der Waals surface area contributed by atoms with Crippen molar-refractivity contribution in [2.24, 2.45) is 0 Å². The lowest BCUT2D eigenvalue weighted by Crippen LogP contribution is -2.42. The first kappa shape index (κ1) is 45.4. The van der Waals surface area contributed by atoms with E-state index >= 15 is 0 Å². The van der Waals surface area contributed by atoms with E-state index in [-0.39, 0.29) is 44.2 Å². The first-order valence-corrected chi connectivity index (χ1v) is 23.0. The van der Waals surface area contributed by atoms with Gasteiger partial charge in [-0.15, -0.1) is 0 Å². The first-order chi connectivity index (χ1) is 30.7. The van der Waals surface area contributed by atoms with Crippen LogP contribution in [0.3, 0.4) is 0 Å². The van der Waals surface area contributed by atoms with Gasteiger partial charge in [-0.2, -0.15) is 5.26 Å². The van der Waals surface area contributed by atoms with Crippen LogP contribution in [0.1, 0.15) is 69.2 Å². The van der Waals surface area contributed by atoms with Crippen LogP contribution in [0.4, 0.5) is 0 Å². The van der Waals surface area contributed by atoms with Crippen LogP contribution in [0, 0.1) is 11.3 Å². The molecule has 0 saturated carbocycles. The molecule has 0 fully saturated rings. The number of aryl methyl sites for hydroxylation is 1. The Morgan fingerprint density at radius 3 is 1.87 bits per heavy atom. The summed E-state index contributed by atoms with van der Waals surface area (Å²) in [4.78, 5) is 13.8. The molecule has 1 amide bonds. The lowest BCUT2D eigenvalue weighted by Gasteiger charge is -2.39. The third kappa shape index (κ3) is 10.3. The number of nitriles is 1. The summed E-state index contributed by atoms with van der Waals surface area (Å²) in [6.45, 7) is 8.90. The highest BCUT2D eigenvalue weighted by atomic mass is 31.2. The largest absolute Gasteiger partial charge is 0.497 e. The minimum absolute atomic E-state index is 0.0692. The summed E-state index contributed by atoms with van der Waals surface area (Å²) < 4.78 is 34.0. The Labute approximate surface area is 373 Å². The van der Waals surface area contributed by atoms with E-state index < -0.39 is 20.2 Å². The molecular weight excluding hydrogens is 806 g/mol. The lowest BCUT2D eigenvalue weighted by atomic mass is 9.80. The second kappa shape index (κ2) is 21.2. The van der Waals surface area contributed by atoms with Gasteiger partial charge in [-0.05, 0) is 119 Å². The van der Waals surface area contributed by atoms with E-state index in [1.165, 1.54) is 37.9 Å². The van der Waals surface area contributed by atoms with E-state index in [1.807, 2.05) is 66.7 Å². The highest BCUT2D eigenvalue weighted by Gasteiger charge is 2.40. The molecule has 326 valence electrons. The molecule has 2 atom stereocenters. The first-order valence-electron chi connectivity index (χ1n) is 21.8. The molecule has 10 heteroatoms. The number of carbonyl (C=O) groups is 1. The number of amides is 1. The van der Waals surface area contributed by atoms with Crippen LogP contribution in [-0.4, -0.2) is 62.7 Å². The fourth-order valence-corrected chi connectivity index (χ4v) is 10.3. The molecule has 0 saturated heterocycles. The molecule has 0 heterocycles. The zero-order valence-corrected chi connectivity index (χ0v) is 38.1. The monoisotopic (exact) mass is 863 g/mol. The van der Waals surface area contributed by atoms with E-state index in [4.69, 9.17) is 23.3 Å². The van der Waals surface area contributed by atoms with Crippen molar-refractivity contribution >= 4 is 46.8 Å². The van der Waals surface area contributed by atoms with Gasteiger partial charge in [0.15, 0.2) is 0 Å². The number of nitrogens with zero attached hydrogens (tertiary/aromatic N) is 2. The van der Waals surface area contributed by atoms with Crippen LogP contribution in [0.25, 0.3) is 32.3 Å². The van der Waals surface area contributed by atoms with Crippen molar-refractivity contribution in [1.29, 1.82) is 5.26 Å². The molecular formula is C53H58N3O6P. The van der Waals surface area contributed by atoms with E-state index in [2.05, 4.69) is 110 Å². The number of methoxy groups -OCH3 is 2. The molecule has 7 aromatic carbocycles.